The average molecular weight is 377 g/mol. The number of hydrogen-bond donors (Lipinski definition) is 3. The van der Waals surface area contributed by atoms with Gasteiger partial charge < -0.3 is 14.5 Å². The molecule has 10 heteroatoms. The number of halogens is 3. The summed E-state index contributed by atoms with van der Waals surface area (Å²) in [6.07, 6.45) is -4.05. The first-order chi connectivity index (χ1) is 11.9. The van der Waals surface area contributed by atoms with Gasteiger partial charge in [-0.15, -0.1) is 11.8 Å². The van der Waals surface area contributed by atoms with Crippen LogP contribution < -0.4 is 21.3 Å². The van der Waals surface area contributed by atoms with Gasteiger partial charge in [-0.3, -0.25) is 10.2 Å². The van der Waals surface area contributed by atoms with Crippen LogP contribution in [0.25, 0.3) is 0 Å². The zero-order chi connectivity index (χ0) is 18.9. The molecule has 0 bridgehead atoms. The second kappa shape index (κ2) is 9.84. The normalized spacial score (nSPS) is 10.5. The van der Waals surface area contributed by atoms with Gasteiger partial charge in [0.25, 0.3) is 0 Å². The van der Waals surface area contributed by atoms with Crippen molar-refractivity contribution in [2.45, 2.75) is 16.8 Å². The Morgan fingerprint density at radius 2 is 2.00 bits per heavy atom. The fourth-order valence-electron chi connectivity index (χ4n) is 1.77. The van der Waals surface area contributed by atoms with Crippen LogP contribution in [-0.2, 0) is 16.7 Å². The van der Waals surface area contributed by atoms with E-state index in [2.05, 4.69) is 11.2 Å². The molecule has 0 fully saturated rings. The molecule has 1 heterocycles. The van der Waals surface area contributed by atoms with E-state index in [1.807, 2.05) is 12.1 Å². The van der Waals surface area contributed by atoms with Crippen LogP contribution in [-0.4, -0.2) is 20.6 Å². The number of nitrogens with one attached hydrogen (secondary N) is 2. The number of nitrogens with two attached hydrogens (primary N) is 1. The van der Waals surface area contributed by atoms with Gasteiger partial charge in [0.15, 0.2) is 0 Å². The third kappa shape index (κ3) is 6.24. The van der Waals surface area contributed by atoms with E-state index in [1.165, 1.54) is 17.8 Å². The molecule has 25 heavy (non-hydrogen) atoms. The van der Waals surface area contributed by atoms with Crippen molar-refractivity contribution in [3.63, 3.8) is 0 Å². The summed E-state index contributed by atoms with van der Waals surface area (Å²) in [5.74, 6) is 4.64. The van der Waals surface area contributed by atoms with Crippen LogP contribution in [0.1, 0.15) is 11.5 Å². The highest BCUT2D eigenvalue weighted by Gasteiger charge is 2.34. The smallest absolute Gasteiger partial charge is 0.449 e. The van der Waals surface area contributed by atoms with Gasteiger partial charge >= 0.3 is 6.18 Å². The maximum absolute atomic E-state index is 12.5. The number of amides is 1. The Kier molecular flexibility index (Phi) is 8.16. The van der Waals surface area contributed by atoms with E-state index in [1.54, 1.807) is 25.6 Å². The minimum atomic E-state index is -4.45. The van der Waals surface area contributed by atoms with Crippen LogP contribution in [0, 0.1) is 0 Å². The Labute approximate surface area is 146 Å². The number of hydrazine groups is 1. The van der Waals surface area contributed by atoms with Crippen LogP contribution in [0.5, 0.6) is 5.75 Å². The third-order valence-electron chi connectivity index (χ3n) is 2.84. The van der Waals surface area contributed by atoms with Gasteiger partial charge in [-0.1, -0.05) is 6.07 Å². The summed E-state index contributed by atoms with van der Waals surface area (Å²) in [6.45, 7) is 0. The standard InChI is InChI=1S/C14H14F3NO2S.CH4N2O/c1-18-10-4-3-5-11(19-2)13(10)21-8-9-6-7-12(20-9)14(15,16)17;2-3-1-4/h3-7,18H,8H2,1-2H3;1H,2H2,(H,3,4). The van der Waals surface area contributed by atoms with Gasteiger partial charge in [0.1, 0.15) is 11.5 Å². The summed E-state index contributed by atoms with van der Waals surface area (Å²) in [6, 6.07) is 7.78. The van der Waals surface area contributed by atoms with E-state index < -0.39 is 11.9 Å². The number of rotatable bonds is 6. The molecule has 1 amide bonds. The molecule has 0 atom stereocenters. The van der Waals surface area contributed by atoms with E-state index in [9.17, 15) is 13.2 Å². The lowest BCUT2D eigenvalue weighted by atomic mass is 10.3. The number of anilines is 1. The summed E-state index contributed by atoms with van der Waals surface area (Å²) in [7, 11) is 3.32. The Balaban J connectivity index is 0.000000705. The van der Waals surface area contributed by atoms with Crippen LogP contribution in [0.15, 0.2) is 39.6 Å². The second-order valence-corrected chi connectivity index (χ2v) is 5.41. The molecular weight excluding hydrogens is 359 g/mol. The number of methoxy groups -OCH3 is 1. The predicted octanol–water partition coefficient (Wildman–Crippen LogP) is 3.25. The Bertz CT molecular complexity index is 655. The zero-order valence-corrected chi connectivity index (χ0v) is 14.3. The van der Waals surface area contributed by atoms with Crippen molar-refractivity contribution in [2.75, 3.05) is 19.5 Å². The van der Waals surface area contributed by atoms with Gasteiger partial charge in [-0.2, -0.15) is 13.2 Å². The Morgan fingerprint density at radius 1 is 1.32 bits per heavy atom. The van der Waals surface area contributed by atoms with Gasteiger partial charge in [-0.25, -0.2) is 5.84 Å². The summed E-state index contributed by atoms with van der Waals surface area (Å²) in [4.78, 5) is 9.76. The number of thioether (sulfide) groups is 1. The number of carbonyl (C=O) groups excluding carboxylic acids is 1. The summed E-state index contributed by atoms with van der Waals surface area (Å²) in [5, 5.41) is 3.02. The number of ether oxygens (including phenoxy) is 1. The highest BCUT2D eigenvalue weighted by atomic mass is 32.2. The molecule has 4 N–H and O–H groups in total. The molecule has 138 valence electrons. The maximum atomic E-state index is 12.5. The van der Waals surface area contributed by atoms with Crippen molar-refractivity contribution < 1.29 is 27.1 Å². The lowest BCUT2D eigenvalue weighted by Gasteiger charge is -2.12. The molecule has 2 rings (SSSR count). The summed E-state index contributed by atoms with van der Waals surface area (Å²) in [5.41, 5.74) is 2.60. The van der Waals surface area contributed by atoms with Gasteiger partial charge in [-0.05, 0) is 24.3 Å². The molecule has 1 aromatic heterocycles. The van der Waals surface area contributed by atoms with Crippen molar-refractivity contribution in [3.05, 3.63) is 41.9 Å². The van der Waals surface area contributed by atoms with Crippen molar-refractivity contribution >= 4 is 23.9 Å². The highest BCUT2D eigenvalue weighted by molar-refractivity contribution is 7.98. The Morgan fingerprint density at radius 3 is 2.48 bits per heavy atom. The molecule has 2 aromatic rings. The zero-order valence-electron chi connectivity index (χ0n) is 13.5. The fourth-order valence-corrected chi connectivity index (χ4v) is 2.83. The van der Waals surface area contributed by atoms with Gasteiger partial charge in [0.05, 0.1) is 23.4 Å². The SMILES string of the molecule is CNc1cccc(OC)c1SCc1ccc(C(F)(F)F)o1.NNC=O. The highest BCUT2D eigenvalue weighted by Crippen LogP contribution is 2.38. The molecule has 0 radical (unpaired) electrons. The predicted molar refractivity (Wildman–Crippen MR) is 89.2 cm³/mol. The number of alkyl halides is 3. The van der Waals surface area contributed by atoms with Crippen LogP contribution >= 0.6 is 11.8 Å². The molecule has 6 nitrogen and oxygen atoms in total. The van der Waals surface area contributed by atoms with Crippen LogP contribution in [0.2, 0.25) is 0 Å². The fraction of sp³-hybridized carbons (Fsp3) is 0.267. The number of hydrogen-bond acceptors (Lipinski definition) is 6. The first kappa shape index (κ1) is 20.7. The van der Waals surface area contributed by atoms with Crippen LogP contribution in [0.3, 0.4) is 0 Å². The summed E-state index contributed by atoms with van der Waals surface area (Å²) < 4.78 is 47.5. The van der Waals surface area contributed by atoms with Crippen molar-refractivity contribution in [2.24, 2.45) is 5.84 Å². The molecule has 0 saturated carbocycles. The second-order valence-electron chi connectivity index (χ2n) is 4.42. The maximum Gasteiger partial charge on any atom is 0.449 e. The van der Waals surface area contributed by atoms with E-state index in [4.69, 9.17) is 13.9 Å². The number of furan rings is 1. The molecule has 0 aliphatic carbocycles. The molecule has 0 aliphatic heterocycles. The third-order valence-corrected chi connectivity index (χ3v) is 3.97. The number of benzene rings is 1. The van der Waals surface area contributed by atoms with Gasteiger partial charge in [0.2, 0.25) is 12.2 Å². The van der Waals surface area contributed by atoms with E-state index >= 15 is 0 Å². The molecule has 1 aromatic carbocycles. The lowest BCUT2D eigenvalue weighted by molar-refractivity contribution is -0.153. The minimum absolute atomic E-state index is 0.264. The van der Waals surface area contributed by atoms with Crippen molar-refractivity contribution in [1.82, 2.24) is 5.43 Å². The lowest BCUT2D eigenvalue weighted by Crippen LogP contribution is -2.18. The van der Waals surface area contributed by atoms with Crippen molar-refractivity contribution in [3.8, 4) is 5.75 Å². The largest absolute Gasteiger partial charge is 0.496 e. The molecule has 0 spiro atoms. The molecule has 0 aliphatic rings. The quantitative estimate of drug-likeness (QED) is 0.235. The monoisotopic (exact) mass is 377 g/mol. The van der Waals surface area contributed by atoms with E-state index in [0.29, 0.717) is 12.2 Å². The van der Waals surface area contributed by atoms with Crippen molar-refractivity contribution in [1.29, 1.82) is 0 Å². The Hall–Kier alpha value is -2.33. The van der Waals surface area contributed by atoms with Gasteiger partial charge in [0, 0.05) is 7.05 Å². The first-order valence-corrected chi connectivity index (χ1v) is 7.89. The molecule has 0 unspecified atom stereocenters. The minimum Gasteiger partial charge on any atom is -0.496 e. The topological polar surface area (TPSA) is 89.5 Å². The molecular formula is C15H18F3N3O3S. The van der Waals surface area contributed by atoms with E-state index in [0.717, 1.165) is 16.6 Å². The van der Waals surface area contributed by atoms with Crippen LogP contribution in [0.4, 0.5) is 18.9 Å². The first-order valence-electron chi connectivity index (χ1n) is 6.90. The average Bonchev–Trinajstić information content (AvgIpc) is 3.09. The summed E-state index contributed by atoms with van der Waals surface area (Å²) >= 11 is 1.35. The molecule has 0 saturated heterocycles. The van der Waals surface area contributed by atoms with E-state index in [-0.39, 0.29) is 11.5 Å². The number of carbonyl (C=O) groups is 1.